The predicted molar refractivity (Wildman–Crippen MR) is 125 cm³/mol. The van der Waals surface area contributed by atoms with Crippen LogP contribution in [0, 0.1) is 0 Å². The number of halogens is 3. The topological polar surface area (TPSA) is 7.12 Å². The van der Waals surface area contributed by atoms with Gasteiger partial charge in [0.05, 0.1) is 10.7 Å². The third-order valence-electron chi connectivity index (χ3n) is 4.36. The van der Waals surface area contributed by atoms with Gasteiger partial charge in [0, 0.05) is 33.0 Å². The van der Waals surface area contributed by atoms with Crippen LogP contribution in [-0.4, -0.2) is 7.05 Å². The van der Waals surface area contributed by atoms with E-state index in [4.69, 9.17) is 0 Å². The fourth-order valence-electron chi connectivity index (χ4n) is 2.92. The van der Waals surface area contributed by atoms with Crippen molar-refractivity contribution >= 4 is 76.9 Å². The Bertz CT molecular complexity index is 1120. The van der Waals surface area contributed by atoms with Crippen LogP contribution in [0.25, 0.3) is 16.3 Å². The van der Waals surface area contributed by atoms with Crippen LogP contribution in [0.1, 0.15) is 5.01 Å². The first kappa shape index (κ1) is 22.1. The highest BCUT2D eigenvalue weighted by Crippen LogP contribution is 2.45. The Hall–Kier alpha value is -0.610. The molecule has 0 fully saturated rings. The maximum Gasteiger partial charge on any atom is 0.262 e. The Kier molecular flexibility index (Phi) is 7.47. The van der Waals surface area contributed by atoms with Crippen molar-refractivity contribution in [3.63, 3.8) is 0 Å². The molecular formula is C21H17Br2IN2S2. The summed E-state index contributed by atoms with van der Waals surface area (Å²) in [4.78, 5) is 3.51. The maximum absolute atomic E-state index is 3.54. The molecule has 0 bridgehead atoms. The van der Waals surface area contributed by atoms with Crippen molar-refractivity contribution in [2.75, 3.05) is 11.9 Å². The molecule has 0 aliphatic carbocycles. The third kappa shape index (κ3) is 4.59. The summed E-state index contributed by atoms with van der Waals surface area (Å²) in [6.07, 6.45) is 10.6. The van der Waals surface area contributed by atoms with Crippen molar-refractivity contribution in [1.29, 1.82) is 0 Å². The molecule has 28 heavy (non-hydrogen) atoms. The molecule has 3 aromatic rings. The standard InChI is InChI=1S/C21H17Br2N2S2.HI/c1-24-16-10-8-14(22)12-18(16)26-20(24)6-4-3-5-7-21-25(2)17-11-9-15(23)13-19(17)27-21;/h3-13H,1-2H3;1H/q+1;/p-1. The van der Waals surface area contributed by atoms with Crippen molar-refractivity contribution < 1.29 is 28.5 Å². The van der Waals surface area contributed by atoms with E-state index in [1.807, 2.05) is 0 Å². The fourth-order valence-corrected chi connectivity index (χ4v) is 6.16. The van der Waals surface area contributed by atoms with Crippen LogP contribution < -0.4 is 33.4 Å². The molecule has 0 saturated carbocycles. The van der Waals surface area contributed by atoms with Gasteiger partial charge >= 0.3 is 0 Å². The first-order valence-electron chi connectivity index (χ1n) is 8.37. The van der Waals surface area contributed by atoms with E-state index in [0.29, 0.717) is 0 Å². The second-order valence-electron chi connectivity index (χ2n) is 6.13. The molecule has 144 valence electrons. The van der Waals surface area contributed by atoms with Crippen LogP contribution in [0.2, 0.25) is 0 Å². The first-order chi connectivity index (χ1) is 13.0. The third-order valence-corrected chi connectivity index (χ3v) is 7.67. The van der Waals surface area contributed by atoms with Gasteiger partial charge in [-0.1, -0.05) is 73.2 Å². The van der Waals surface area contributed by atoms with Crippen LogP contribution in [0.3, 0.4) is 0 Å². The smallest absolute Gasteiger partial charge is 0.262 e. The number of anilines is 1. The predicted octanol–water partition coefficient (Wildman–Crippen LogP) is 3.91. The van der Waals surface area contributed by atoms with Crippen LogP contribution in [0.5, 0.6) is 0 Å². The lowest BCUT2D eigenvalue weighted by atomic mass is 10.3. The summed E-state index contributed by atoms with van der Waals surface area (Å²) >= 11 is 10.7. The highest BCUT2D eigenvalue weighted by atomic mass is 127. The molecule has 0 atom stereocenters. The molecule has 7 heteroatoms. The maximum atomic E-state index is 3.54. The largest absolute Gasteiger partial charge is 1.00 e. The zero-order valence-electron chi connectivity index (χ0n) is 15.2. The Morgan fingerprint density at radius 1 is 1.00 bits per heavy atom. The molecule has 4 rings (SSSR count). The Balaban J connectivity index is 0.00000225. The number of aryl methyl sites for hydroxylation is 1. The number of rotatable bonds is 3. The number of fused-ring (bicyclic) bond motifs is 2. The molecule has 0 radical (unpaired) electrons. The minimum absolute atomic E-state index is 0. The van der Waals surface area contributed by atoms with Crippen molar-refractivity contribution in [1.82, 2.24) is 0 Å². The van der Waals surface area contributed by atoms with Gasteiger partial charge in [-0.05, 0) is 36.4 Å². The van der Waals surface area contributed by atoms with Crippen molar-refractivity contribution in [2.45, 2.75) is 4.90 Å². The van der Waals surface area contributed by atoms with E-state index in [1.165, 1.54) is 30.8 Å². The molecule has 2 nitrogen and oxygen atoms in total. The van der Waals surface area contributed by atoms with Gasteiger partial charge in [-0.3, -0.25) is 0 Å². The quantitative estimate of drug-likeness (QED) is 0.242. The van der Waals surface area contributed by atoms with Crippen LogP contribution in [0.4, 0.5) is 5.69 Å². The molecule has 0 amide bonds. The summed E-state index contributed by atoms with van der Waals surface area (Å²) in [6, 6.07) is 12.8. The van der Waals surface area contributed by atoms with E-state index in [2.05, 4.69) is 122 Å². The second-order valence-corrected chi connectivity index (χ2v) is 10.1. The molecule has 0 N–H and O–H groups in total. The molecule has 1 aromatic heterocycles. The van der Waals surface area contributed by atoms with Gasteiger partial charge in [0.25, 0.3) is 5.01 Å². The Labute approximate surface area is 207 Å². The molecule has 1 aliphatic heterocycles. The molecule has 2 heterocycles. The number of thiazole rings is 1. The summed E-state index contributed by atoms with van der Waals surface area (Å²) in [5, 5.41) is 2.45. The first-order valence-corrected chi connectivity index (χ1v) is 11.6. The summed E-state index contributed by atoms with van der Waals surface area (Å²) in [6.45, 7) is 0. The molecule has 1 aliphatic rings. The summed E-state index contributed by atoms with van der Waals surface area (Å²) < 4.78 is 5.74. The van der Waals surface area contributed by atoms with E-state index in [9.17, 15) is 0 Å². The van der Waals surface area contributed by atoms with Gasteiger partial charge < -0.3 is 28.9 Å². The monoisotopic (exact) mass is 646 g/mol. The number of benzene rings is 2. The lowest BCUT2D eigenvalue weighted by Crippen LogP contribution is -3.00. The molecule has 0 spiro atoms. The van der Waals surface area contributed by atoms with E-state index < -0.39 is 0 Å². The lowest BCUT2D eigenvalue weighted by Gasteiger charge is -2.12. The average Bonchev–Trinajstić information content (AvgIpc) is 3.11. The lowest BCUT2D eigenvalue weighted by molar-refractivity contribution is -0.642. The average molecular weight is 648 g/mol. The number of thioether (sulfide) groups is 1. The van der Waals surface area contributed by atoms with Crippen molar-refractivity contribution in [2.24, 2.45) is 7.05 Å². The zero-order valence-corrected chi connectivity index (χ0v) is 22.2. The second kappa shape index (κ2) is 9.47. The normalized spacial score (nSPS) is 15.1. The molecule has 2 aromatic carbocycles. The minimum Gasteiger partial charge on any atom is -1.00 e. The molecule has 0 unspecified atom stereocenters. The number of nitrogens with zero attached hydrogens (tertiary/aromatic N) is 2. The van der Waals surface area contributed by atoms with E-state index in [0.717, 1.165) is 8.95 Å². The summed E-state index contributed by atoms with van der Waals surface area (Å²) in [7, 11) is 4.22. The summed E-state index contributed by atoms with van der Waals surface area (Å²) in [5.41, 5.74) is 2.50. The Morgan fingerprint density at radius 2 is 1.75 bits per heavy atom. The molecule has 0 saturated heterocycles. The Morgan fingerprint density at radius 3 is 2.57 bits per heavy atom. The number of allylic oxidation sites excluding steroid dienone is 4. The number of hydrogen-bond acceptors (Lipinski definition) is 3. The van der Waals surface area contributed by atoms with Gasteiger partial charge in [-0.2, -0.15) is 4.57 Å². The zero-order chi connectivity index (χ0) is 19.0. The number of aromatic nitrogens is 1. The van der Waals surface area contributed by atoms with Gasteiger partial charge in [-0.25, -0.2) is 0 Å². The van der Waals surface area contributed by atoms with Crippen LogP contribution in [0.15, 0.2) is 79.6 Å². The number of hydrogen-bond donors (Lipinski definition) is 0. The van der Waals surface area contributed by atoms with Crippen molar-refractivity contribution in [3.05, 3.63) is 79.7 Å². The van der Waals surface area contributed by atoms with Gasteiger partial charge in [0.1, 0.15) is 11.7 Å². The van der Waals surface area contributed by atoms with Crippen LogP contribution >= 0.6 is 55.0 Å². The highest BCUT2D eigenvalue weighted by Gasteiger charge is 2.21. The highest BCUT2D eigenvalue weighted by molar-refractivity contribution is 9.10. The van der Waals surface area contributed by atoms with E-state index >= 15 is 0 Å². The van der Waals surface area contributed by atoms with Crippen molar-refractivity contribution in [3.8, 4) is 0 Å². The minimum atomic E-state index is 0. The summed E-state index contributed by atoms with van der Waals surface area (Å²) in [5.74, 6) is 0. The van der Waals surface area contributed by atoms with Crippen LogP contribution in [-0.2, 0) is 7.05 Å². The van der Waals surface area contributed by atoms with Gasteiger partial charge in [-0.15, -0.1) is 0 Å². The molecular weight excluding hydrogens is 631 g/mol. The van der Waals surface area contributed by atoms with Gasteiger partial charge in [0.15, 0.2) is 0 Å². The van der Waals surface area contributed by atoms with E-state index in [-0.39, 0.29) is 24.0 Å². The fraction of sp³-hybridized carbons (Fsp3) is 0.0952. The van der Waals surface area contributed by atoms with E-state index in [1.54, 1.807) is 23.1 Å². The van der Waals surface area contributed by atoms with Gasteiger partial charge in [0.2, 0.25) is 5.52 Å². The SMILES string of the molecule is CN1\C(=C/C=C/C=C/c2sc3cc(Br)ccc3[n+]2C)Sc2cc(Br)ccc21.[I-].